The third kappa shape index (κ3) is 2.71. The van der Waals surface area contributed by atoms with Crippen molar-refractivity contribution < 1.29 is 9.59 Å². The SMILES string of the molecule is Nc1ccccc1C(=O)NCCN1CCNC1=O. The molecule has 1 aromatic rings. The van der Waals surface area contributed by atoms with Gasteiger partial charge in [-0.1, -0.05) is 12.1 Å². The quantitative estimate of drug-likeness (QED) is 0.657. The van der Waals surface area contributed by atoms with E-state index in [0.717, 1.165) is 0 Å². The predicted molar refractivity (Wildman–Crippen MR) is 68.2 cm³/mol. The minimum absolute atomic E-state index is 0.0801. The Labute approximate surface area is 105 Å². The normalized spacial score (nSPS) is 14.4. The van der Waals surface area contributed by atoms with E-state index in [1.165, 1.54) is 0 Å². The molecule has 0 aromatic heterocycles. The number of nitrogen functional groups attached to an aromatic ring is 1. The minimum atomic E-state index is -0.215. The first kappa shape index (κ1) is 12.2. The second-order valence-corrected chi connectivity index (χ2v) is 4.06. The van der Waals surface area contributed by atoms with Gasteiger partial charge in [0.25, 0.3) is 5.91 Å². The maximum atomic E-state index is 11.8. The van der Waals surface area contributed by atoms with Crippen molar-refractivity contribution in [1.29, 1.82) is 0 Å². The predicted octanol–water partition coefficient (Wildman–Crippen LogP) is 0.0238. The molecule has 0 aliphatic carbocycles. The standard InChI is InChI=1S/C12H16N4O2/c13-10-4-2-1-3-9(10)11(17)14-5-7-16-8-6-15-12(16)18/h1-4H,5-8,13H2,(H,14,17)(H,15,18). The molecule has 0 spiro atoms. The number of anilines is 1. The van der Waals surface area contributed by atoms with E-state index < -0.39 is 0 Å². The fraction of sp³-hybridized carbons (Fsp3) is 0.333. The Kier molecular flexibility index (Phi) is 3.66. The molecule has 1 fully saturated rings. The van der Waals surface area contributed by atoms with Crippen molar-refractivity contribution in [1.82, 2.24) is 15.5 Å². The highest BCUT2D eigenvalue weighted by molar-refractivity contribution is 5.99. The largest absolute Gasteiger partial charge is 0.398 e. The number of nitrogens with two attached hydrogens (primary N) is 1. The van der Waals surface area contributed by atoms with E-state index in [0.29, 0.717) is 37.4 Å². The molecule has 1 heterocycles. The number of nitrogens with zero attached hydrogens (tertiary/aromatic N) is 1. The molecule has 4 N–H and O–H groups in total. The first-order valence-electron chi connectivity index (χ1n) is 5.84. The molecule has 1 saturated heterocycles. The first-order chi connectivity index (χ1) is 8.68. The van der Waals surface area contributed by atoms with E-state index in [-0.39, 0.29) is 11.9 Å². The van der Waals surface area contributed by atoms with E-state index in [1.54, 1.807) is 29.2 Å². The summed E-state index contributed by atoms with van der Waals surface area (Å²) in [6.45, 7) is 2.27. The third-order valence-corrected chi connectivity index (χ3v) is 2.82. The van der Waals surface area contributed by atoms with Crippen molar-refractivity contribution in [3.05, 3.63) is 29.8 Å². The summed E-state index contributed by atoms with van der Waals surface area (Å²) < 4.78 is 0. The summed E-state index contributed by atoms with van der Waals surface area (Å²) in [5.41, 5.74) is 6.62. The van der Waals surface area contributed by atoms with E-state index in [4.69, 9.17) is 5.73 Å². The average molecular weight is 248 g/mol. The summed E-state index contributed by atoms with van der Waals surface area (Å²) in [5, 5.41) is 5.45. The number of rotatable bonds is 4. The second-order valence-electron chi connectivity index (χ2n) is 4.06. The molecular weight excluding hydrogens is 232 g/mol. The molecule has 0 radical (unpaired) electrons. The Morgan fingerprint density at radius 2 is 2.22 bits per heavy atom. The highest BCUT2D eigenvalue weighted by atomic mass is 16.2. The maximum absolute atomic E-state index is 11.8. The molecule has 1 aromatic carbocycles. The number of urea groups is 1. The van der Waals surface area contributed by atoms with E-state index in [2.05, 4.69) is 10.6 Å². The van der Waals surface area contributed by atoms with Crippen LogP contribution in [0.3, 0.4) is 0 Å². The number of carbonyl (C=O) groups is 2. The lowest BCUT2D eigenvalue weighted by Crippen LogP contribution is -2.36. The summed E-state index contributed by atoms with van der Waals surface area (Å²) >= 11 is 0. The zero-order valence-electron chi connectivity index (χ0n) is 9.98. The van der Waals surface area contributed by atoms with Gasteiger partial charge in [-0.05, 0) is 12.1 Å². The van der Waals surface area contributed by atoms with Gasteiger partial charge in [-0.25, -0.2) is 4.79 Å². The molecule has 0 unspecified atom stereocenters. The van der Waals surface area contributed by atoms with Crippen LogP contribution in [-0.2, 0) is 0 Å². The zero-order chi connectivity index (χ0) is 13.0. The molecular formula is C12H16N4O2. The van der Waals surface area contributed by atoms with Crippen LogP contribution in [0.25, 0.3) is 0 Å². The van der Waals surface area contributed by atoms with Crippen LogP contribution in [0.1, 0.15) is 10.4 Å². The van der Waals surface area contributed by atoms with Crippen LogP contribution >= 0.6 is 0 Å². The Hall–Kier alpha value is -2.24. The molecule has 0 saturated carbocycles. The Bertz CT molecular complexity index is 461. The molecule has 6 nitrogen and oxygen atoms in total. The lowest BCUT2D eigenvalue weighted by atomic mass is 10.1. The van der Waals surface area contributed by atoms with Crippen molar-refractivity contribution in [2.45, 2.75) is 0 Å². The van der Waals surface area contributed by atoms with Gasteiger partial charge >= 0.3 is 6.03 Å². The summed E-state index contributed by atoms with van der Waals surface area (Å²) in [7, 11) is 0. The van der Waals surface area contributed by atoms with E-state index in [9.17, 15) is 9.59 Å². The number of hydrogen-bond acceptors (Lipinski definition) is 3. The average Bonchev–Trinajstić information content (AvgIpc) is 2.75. The van der Waals surface area contributed by atoms with Gasteiger partial charge < -0.3 is 21.3 Å². The molecule has 96 valence electrons. The zero-order valence-corrected chi connectivity index (χ0v) is 9.98. The Balaban J connectivity index is 1.82. The number of amides is 3. The van der Waals surface area contributed by atoms with Crippen LogP contribution in [0, 0.1) is 0 Å². The van der Waals surface area contributed by atoms with Crippen molar-refractivity contribution in [2.75, 3.05) is 31.9 Å². The van der Waals surface area contributed by atoms with Gasteiger partial charge in [0, 0.05) is 31.9 Å². The molecule has 0 bridgehead atoms. The first-order valence-corrected chi connectivity index (χ1v) is 5.84. The van der Waals surface area contributed by atoms with Gasteiger partial charge in [-0.3, -0.25) is 4.79 Å². The highest BCUT2D eigenvalue weighted by Gasteiger charge is 2.18. The second kappa shape index (κ2) is 5.39. The molecule has 2 rings (SSSR count). The van der Waals surface area contributed by atoms with Crippen molar-refractivity contribution in [3.8, 4) is 0 Å². The van der Waals surface area contributed by atoms with Gasteiger partial charge in [-0.2, -0.15) is 0 Å². The summed E-state index contributed by atoms with van der Waals surface area (Å²) in [5.74, 6) is -0.215. The van der Waals surface area contributed by atoms with Crippen LogP contribution in [0.15, 0.2) is 24.3 Å². The summed E-state index contributed by atoms with van der Waals surface area (Å²) in [6.07, 6.45) is 0. The molecule has 3 amide bonds. The molecule has 18 heavy (non-hydrogen) atoms. The van der Waals surface area contributed by atoms with Crippen LogP contribution in [-0.4, -0.2) is 43.0 Å². The fourth-order valence-electron chi connectivity index (χ4n) is 1.83. The van der Waals surface area contributed by atoms with Crippen LogP contribution in [0.4, 0.5) is 10.5 Å². The molecule has 1 aliphatic rings. The number of benzene rings is 1. The third-order valence-electron chi connectivity index (χ3n) is 2.82. The Morgan fingerprint density at radius 1 is 1.44 bits per heavy atom. The van der Waals surface area contributed by atoms with Crippen molar-refractivity contribution in [2.24, 2.45) is 0 Å². The van der Waals surface area contributed by atoms with E-state index >= 15 is 0 Å². The van der Waals surface area contributed by atoms with E-state index in [1.807, 2.05) is 0 Å². The molecule has 6 heteroatoms. The van der Waals surface area contributed by atoms with Gasteiger partial charge in [0.05, 0.1) is 5.56 Å². The lowest BCUT2D eigenvalue weighted by molar-refractivity contribution is 0.0951. The monoisotopic (exact) mass is 248 g/mol. The topological polar surface area (TPSA) is 87.5 Å². The number of nitrogens with one attached hydrogen (secondary N) is 2. The molecule has 1 aliphatic heterocycles. The fourth-order valence-corrected chi connectivity index (χ4v) is 1.83. The highest BCUT2D eigenvalue weighted by Crippen LogP contribution is 2.09. The van der Waals surface area contributed by atoms with Gasteiger partial charge in [0.1, 0.15) is 0 Å². The number of hydrogen-bond donors (Lipinski definition) is 3. The minimum Gasteiger partial charge on any atom is -0.398 e. The van der Waals surface area contributed by atoms with Crippen LogP contribution < -0.4 is 16.4 Å². The van der Waals surface area contributed by atoms with Gasteiger partial charge in [0.15, 0.2) is 0 Å². The number of carbonyl (C=O) groups excluding carboxylic acids is 2. The summed E-state index contributed by atoms with van der Waals surface area (Å²) in [4.78, 5) is 24.7. The number of para-hydroxylation sites is 1. The van der Waals surface area contributed by atoms with Crippen LogP contribution in [0.5, 0.6) is 0 Å². The smallest absolute Gasteiger partial charge is 0.317 e. The van der Waals surface area contributed by atoms with Crippen molar-refractivity contribution >= 4 is 17.6 Å². The summed E-state index contributed by atoms with van der Waals surface area (Å²) in [6, 6.07) is 6.82. The van der Waals surface area contributed by atoms with Crippen molar-refractivity contribution in [3.63, 3.8) is 0 Å². The van der Waals surface area contributed by atoms with Gasteiger partial charge in [0.2, 0.25) is 0 Å². The maximum Gasteiger partial charge on any atom is 0.317 e. The lowest BCUT2D eigenvalue weighted by Gasteiger charge is -2.14. The van der Waals surface area contributed by atoms with Gasteiger partial charge in [-0.15, -0.1) is 0 Å². The molecule has 0 atom stereocenters. The Morgan fingerprint density at radius 3 is 2.89 bits per heavy atom. The van der Waals surface area contributed by atoms with Crippen LogP contribution in [0.2, 0.25) is 0 Å².